The molecule has 0 amide bonds. The zero-order chi connectivity index (χ0) is 19.7. The summed E-state index contributed by atoms with van der Waals surface area (Å²) in [6.45, 7) is 4.45. The Morgan fingerprint density at radius 3 is 2.57 bits per heavy atom. The molecule has 1 aromatic carbocycles. The molecule has 0 radical (unpaired) electrons. The van der Waals surface area contributed by atoms with E-state index in [9.17, 15) is 0 Å². The summed E-state index contributed by atoms with van der Waals surface area (Å²) in [5.41, 5.74) is 3.61. The number of hydrogen-bond acceptors (Lipinski definition) is 6. The molecule has 0 saturated carbocycles. The standard InChI is InChI=1S/C19H18BrN7O/c1-12-10-21-13(2)18-22-16(24-27(12)18)8-9-17-23-19(20)25-26(17)11-14-4-6-15(28-3)7-5-14/h4-10H,11H2,1-3H3/b9-8+. The van der Waals surface area contributed by atoms with Crippen LogP contribution in [0.3, 0.4) is 0 Å². The Labute approximate surface area is 170 Å². The molecule has 0 N–H and O–H groups in total. The molecule has 0 saturated heterocycles. The van der Waals surface area contributed by atoms with Gasteiger partial charge in [0.15, 0.2) is 17.3 Å². The number of fused-ring (bicyclic) bond motifs is 1. The summed E-state index contributed by atoms with van der Waals surface area (Å²) in [4.78, 5) is 13.3. The summed E-state index contributed by atoms with van der Waals surface area (Å²) >= 11 is 3.35. The van der Waals surface area contributed by atoms with Gasteiger partial charge in [0.1, 0.15) is 5.75 Å². The van der Waals surface area contributed by atoms with Crippen LogP contribution in [0, 0.1) is 13.8 Å². The number of ether oxygens (including phenoxy) is 1. The third-order valence-electron chi connectivity index (χ3n) is 4.27. The number of rotatable bonds is 5. The third-order valence-corrected chi connectivity index (χ3v) is 4.61. The molecule has 8 nitrogen and oxygen atoms in total. The van der Waals surface area contributed by atoms with Gasteiger partial charge in [0, 0.05) is 6.20 Å². The number of benzene rings is 1. The highest BCUT2D eigenvalue weighted by Gasteiger charge is 2.09. The first kappa shape index (κ1) is 18.3. The van der Waals surface area contributed by atoms with Crippen molar-refractivity contribution in [2.45, 2.75) is 20.4 Å². The molecule has 0 fully saturated rings. The lowest BCUT2D eigenvalue weighted by Gasteiger charge is -2.05. The minimum atomic E-state index is 0.527. The highest BCUT2D eigenvalue weighted by atomic mass is 79.9. The fraction of sp³-hybridized carbons (Fsp3) is 0.211. The van der Waals surface area contributed by atoms with Crippen molar-refractivity contribution in [3.05, 3.63) is 63.8 Å². The Balaban J connectivity index is 1.61. The van der Waals surface area contributed by atoms with Crippen LogP contribution in [0.5, 0.6) is 5.75 Å². The van der Waals surface area contributed by atoms with Crippen LogP contribution in [0.25, 0.3) is 17.8 Å². The van der Waals surface area contributed by atoms with Crippen LogP contribution in [0.15, 0.2) is 35.2 Å². The molecule has 9 heteroatoms. The van der Waals surface area contributed by atoms with Crippen LogP contribution >= 0.6 is 15.9 Å². The monoisotopic (exact) mass is 439 g/mol. The first-order chi connectivity index (χ1) is 13.5. The van der Waals surface area contributed by atoms with Gasteiger partial charge in [0.25, 0.3) is 0 Å². The number of hydrogen-bond donors (Lipinski definition) is 0. The zero-order valence-corrected chi connectivity index (χ0v) is 17.3. The van der Waals surface area contributed by atoms with Gasteiger partial charge in [-0.1, -0.05) is 12.1 Å². The second kappa shape index (κ2) is 7.51. The largest absolute Gasteiger partial charge is 0.497 e. The van der Waals surface area contributed by atoms with Gasteiger partial charge in [-0.3, -0.25) is 4.98 Å². The smallest absolute Gasteiger partial charge is 0.217 e. The van der Waals surface area contributed by atoms with Crippen molar-refractivity contribution in [1.82, 2.24) is 34.3 Å². The highest BCUT2D eigenvalue weighted by Crippen LogP contribution is 2.15. The van der Waals surface area contributed by atoms with E-state index in [1.54, 1.807) is 17.8 Å². The van der Waals surface area contributed by atoms with E-state index in [1.165, 1.54) is 0 Å². The quantitative estimate of drug-likeness (QED) is 0.474. The normalized spacial score (nSPS) is 11.6. The summed E-state index contributed by atoms with van der Waals surface area (Å²) in [7, 11) is 1.65. The summed E-state index contributed by atoms with van der Waals surface area (Å²) in [6, 6.07) is 7.86. The Bertz CT molecular complexity index is 1120. The van der Waals surface area contributed by atoms with E-state index in [0.717, 1.165) is 28.3 Å². The molecule has 0 unspecified atom stereocenters. The molecule has 3 aromatic heterocycles. The molecule has 0 atom stereocenters. The molecule has 4 rings (SSSR count). The highest BCUT2D eigenvalue weighted by molar-refractivity contribution is 9.10. The average Bonchev–Trinajstić information content (AvgIpc) is 3.28. The molecule has 3 heterocycles. The number of halogens is 1. The van der Waals surface area contributed by atoms with E-state index in [1.807, 2.05) is 54.9 Å². The molecule has 0 aliphatic carbocycles. The van der Waals surface area contributed by atoms with Gasteiger partial charge in [-0.05, 0) is 59.6 Å². The maximum Gasteiger partial charge on any atom is 0.217 e. The van der Waals surface area contributed by atoms with Crippen molar-refractivity contribution in [3.8, 4) is 5.75 Å². The number of nitrogens with zero attached hydrogens (tertiary/aromatic N) is 7. The van der Waals surface area contributed by atoms with Crippen molar-refractivity contribution in [3.63, 3.8) is 0 Å². The second-order valence-corrected chi connectivity index (χ2v) is 6.98. The van der Waals surface area contributed by atoms with Crippen molar-refractivity contribution < 1.29 is 4.74 Å². The van der Waals surface area contributed by atoms with Crippen LogP contribution in [0.2, 0.25) is 0 Å². The van der Waals surface area contributed by atoms with Gasteiger partial charge in [0.2, 0.25) is 4.73 Å². The topological polar surface area (TPSA) is 83.0 Å². The Morgan fingerprint density at radius 1 is 1.07 bits per heavy atom. The summed E-state index contributed by atoms with van der Waals surface area (Å²) < 4.78 is 9.34. The van der Waals surface area contributed by atoms with E-state index in [-0.39, 0.29) is 0 Å². The predicted molar refractivity (Wildman–Crippen MR) is 109 cm³/mol. The van der Waals surface area contributed by atoms with Gasteiger partial charge in [-0.2, -0.15) is 0 Å². The van der Waals surface area contributed by atoms with Gasteiger partial charge in [0.05, 0.1) is 25.0 Å². The van der Waals surface area contributed by atoms with Crippen LogP contribution in [0.4, 0.5) is 0 Å². The molecule has 28 heavy (non-hydrogen) atoms. The Hall–Kier alpha value is -3.07. The van der Waals surface area contributed by atoms with E-state index in [0.29, 0.717) is 22.9 Å². The fourth-order valence-electron chi connectivity index (χ4n) is 2.80. The SMILES string of the molecule is COc1ccc(Cn2nc(Br)nc2/C=C/c2nc3c(C)ncc(C)n3n2)cc1. The number of aryl methyl sites for hydroxylation is 2. The predicted octanol–water partition coefficient (Wildman–Crippen LogP) is 3.32. The van der Waals surface area contributed by atoms with Crippen LogP contribution < -0.4 is 4.74 Å². The van der Waals surface area contributed by atoms with Gasteiger partial charge < -0.3 is 4.74 Å². The molecule has 0 bridgehead atoms. The summed E-state index contributed by atoms with van der Waals surface area (Å²) in [5.74, 6) is 2.11. The van der Waals surface area contributed by atoms with E-state index in [2.05, 4.69) is 41.1 Å². The first-order valence-electron chi connectivity index (χ1n) is 8.64. The minimum absolute atomic E-state index is 0.527. The number of aromatic nitrogens is 7. The fourth-order valence-corrected chi connectivity index (χ4v) is 3.17. The maximum absolute atomic E-state index is 5.20. The second-order valence-electron chi connectivity index (χ2n) is 6.27. The summed E-state index contributed by atoms with van der Waals surface area (Å²) in [5, 5.41) is 8.94. The van der Waals surface area contributed by atoms with Crippen molar-refractivity contribution in [1.29, 1.82) is 0 Å². The van der Waals surface area contributed by atoms with Crippen LogP contribution in [-0.2, 0) is 6.54 Å². The molecule has 0 aliphatic heterocycles. The molecule has 4 aromatic rings. The van der Waals surface area contributed by atoms with Crippen LogP contribution in [-0.4, -0.2) is 41.5 Å². The lowest BCUT2D eigenvalue weighted by Crippen LogP contribution is -2.04. The van der Waals surface area contributed by atoms with E-state index >= 15 is 0 Å². The zero-order valence-electron chi connectivity index (χ0n) is 15.7. The molecular weight excluding hydrogens is 422 g/mol. The van der Waals surface area contributed by atoms with Crippen LogP contribution in [0.1, 0.15) is 28.6 Å². The maximum atomic E-state index is 5.20. The minimum Gasteiger partial charge on any atom is -0.497 e. The van der Waals surface area contributed by atoms with Gasteiger partial charge >= 0.3 is 0 Å². The molecular formula is C19H18BrN7O. The Morgan fingerprint density at radius 2 is 1.86 bits per heavy atom. The van der Waals surface area contributed by atoms with E-state index < -0.39 is 0 Å². The average molecular weight is 440 g/mol. The lowest BCUT2D eigenvalue weighted by molar-refractivity contribution is 0.414. The molecule has 0 aliphatic rings. The lowest BCUT2D eigenvalue weighted by atomic mass is 10.2. The van der Waals surface area contributed by atoms with Gasteiger partial charge in [-0.25, -0.2) is 19.2 Å². The van der Waals surface area contributed by atoms with Crippen molar-refractivity contribution in [2.24, 2.45) is 0 Å². The molecule has 0 spiro atoms. The number of methoxy groups -OCH3 is 1. The Kier molecular flexibility index (Phi) is 4.91. The van der Waals surface area contributed by atoms with Crippen molar-refractivity contribution >= 4 is 33.7 Å². The third kappa shape index (κ3) is 3.65. The first-order valence-corrected chi connectivity index (χ1v) is 9.43. The summed E-state index contributed by atoms with van der Waals surface area (Å²) in [6.07, 6.45) is 5.47. The molecule has 142 valence electrons. The van der Waals surface area contributed by atoms with Crippen molar-refractivity contribution in [2.75, 3.05) is 7.11 Å². The van der Waals surface area contributed by atoms with E-state index in [4.69, 9.17) is 4.74 Å². The van der Waals surface area contributed by atoms with Gasteiger partial charge in [-0.15, -0.1) is 10.2 Å².